The van der Waals surface area contributed by atoms with Crippen LogP contribution in [0.2, 0.25) is 0 Å². The molecular weight excluding hydrogens is 256 g/mol. The van der Waals surface area contributed by atoms with E-state index in [4.69, 9.17) is 0 Å². The summed E-state index contributed by atoms with van der Waals surface area (Å²) in [4.78, 5) is 2.39. The van der Waals surface area contributed by atoms with E-state index in [9.17, 15) is 0 Å². The van der Waals surface area contributed by atoms with Crippen molar-refractivity contribution in [1.82, 2.24) is 10.2 Å². The summed E-state index contributed by atoms with van der Waals surface area (Å²) in [5.41, 5.74) is 1.42. The van der Waals surface area contributed by atoms with E-state index < -0.39 is 0 Å². The molecule has 1 aromatic carbocycles. The highest BCUT2D eigenvalue weighted by Crippen LogP contribution is 2.21. The standard InChI is InChI=1S/C19H34N2/c1-6-12-18(17-13-10-9-11-14-17)20-15-19(21(4)5)16(7-2)8-3/h9-11,13-14,16,18-20H,6-8,12,15H2,1-5H3. The van der Waals surface area contributed by atoms with Crippen LogP contribution in [0.25, 0.3) is 0 Å². The van der Waals surface area contributed by atoms with E-state index in [1.165, 1.54) is 31.2 Å². The molecule has 2 atom stereocenters. The molecule has 0 bridgehead atoms. The highest BCUT2D eigenvalue weighted by molar-refractivity contribution is 5.18. The first-order valence-electron chi connectivity index (χ1n) is 8.58. The van der Waals surface area contributed by atoms with E-state index in [-0.39, 0.29) is 0 Å². The van der Waals surface area contributed by atoms with Gasteiger partial charge in [-0.05, 0) is 32.0 Å². The minimum atomic E-state index is 0.480. The predicted molar refractivity (Wildman–Crippen MR) is 93.6 cm³/mol. The molecule has 0 spiro atoms. The quantitative estimate of drug-likeness (QED) is 0.683. The van der Waals surface area contributed by atoms with Crippen LogP contribution in [0.15, 0.2) is 30.3 Å². The highest BCUT2D eigenvalue weighted by atomic mass is 15.1. The molecule has 0 fully saturated rings. The molecule has 1 rings (SSSR count). The molecule has 0 radical (unpaired) electrons. The summed E-state index contributed by atoms with van der Waals surface area (Å²) < 4.78 is 0. The Bertz CT molecular complexity index is 357. The molecule has 0 aliphatic carbocycles. The van der Waals surface area contributed by atoms with E-state index in [1.807, 2.05) is 0 Å². The van der Waals surface area contributed by atoms with Crippen molar-refractivity contribution in [2.45, 2.75) is 58.5 Å². The van der Waals surface area contributed by atoms with Gasteiger partial charge in [0.25, 0.3) is 0 Å². The Labute approximate surface area is 131 Å². The molecule has 2 heteroatoms. The minimum Gasteiger partial charge on any atom is -0.308 e. The van der Waals surface area contributed by atoms with Crippen LogP contribution in [0.3, 0.4) is 0 Å². The summed E-state index contributed by atoms with van der Waals surface area (Å²) in [6, 6.07) is 12.0. The predicted octanol–water partition coefficient (Wildman–Crippen LogP) is 4.48. The van der Waals surface area contributed by atoms with Crippen LogP contribution in [-0.2, 0) is 0 Å². The van der Waals surface area contributed by atoms with Crippen LogP contribution in [0.5, 0.6) is 0 Å². The van der Waals surface area contributed by atoms with E-state index >= 15 is 0 Å². The average molecular weight is 290 g/mol. The van der Waals surface area contributed by atoms with Crippen LogP contribution in [0.1, 0.15) is 58.1 Å². The van der Waals surface area contributed by atoms with Crippen LogP contribution < -0.4 is 5.32 Å². The van der Waals surface area contributed by atoms with Crippen molar-refractivity contribution in [3.8, 4) is 0 Å². The SMILES string of the molecule is CCCC(NCC(C(CC)CC)N(C)C)c1ccccc1. The number of hydrogen-bond acceptors (Lipinski definition) is 2. The number of likely N-dealkylation sites (N-methyl/N-ethyl adjacent to an activating group) is 1. The van der Waals surface area contributed by atoms with Gasteiger partial charge in [-0.1, -0.05) is 70.4 Å². The molecule has 2 unspecified atom stereocenters. The Balaban J connectivity index is 2.70. The van der Waals surface area contributed by atoms with Gasteiger partial charge in [-0.25, -0.2) is 0 Å². The third-order valence-corrected chi connectivity index (χ3v) is 4.61. The van der Waals surface area contributed by atoms with Gasteiger partial charge in [0.1, 0.15) is 0 Å². The number of rotatable bonds is 10. The maximum Gasteiger partial charge on any atom is 0.0320 e. The lowest BCUT2D eigenvalue weighted by Gasteiger charge is -2.33. The fourth-order valence-electron chi connectivity index (χ4n) is 3.23. The van der Waals surface area contributed by atoms with Crippen molar-refractivity contribution in [2.75, 3.05) is 20.6 Å². The van der Waals surface area contributed by atoms with Crippen molar-refractivity contribution in [1.29, 1.82) is 0 Å². The Kier molecular flexibility index (Phi) is 8.63. The summed E-state index contributed by atoms with van der Waals surface area (Å²) in [6.45, 7) is 7.96. The van der Waals surface area contributed by atoms with Crippen LogP contribution >= 0.6 is 0 Å². The fourth-order valence-corrected chi connectivity index (χ4v) is 3.23. The third kappa shape index (κ3) is 5.80. The van der Waals surface area contributed by atoms with E-state index in [1.54, 1.807) is 0 Å². The number of benzene rings is 1. The summed E-state index contributed by atoms with van der Waals surface area (Å²) >= 11 is 0. The number of nitrogens with zero attached hydrogens (tertiary/aromatic N) is 1. The largest absolute Gasteiger partial charge is 0.308 e. The van der Waals surface area contributed by atoms with Gasteiger partial charge in [-0.15, -0.1) is 0 Å². The molecule has 0 aliphatic rings. The smallest absolute Gasteiger partial charge is 0.0320 e. The van der Waals surface area contributed by atoms with Gasteiger partial charge >= 0.3 is 0 Å². The minimum absolute atomic E-state index is 0.480. The zero-order valence-electron chi connectivity index (χ0n) is 14.6. The lowest BCUT2D eigenvalue weighted by atomic mass is 9.92. The number of nitrogens with one attached hydrogen (secondary N) is 1. The molecule has 0 amide bonds. The highest BCUT2D eigenvalue weighted by Gasteiger charge is 2.21. The summed E-state index contributed by atoms with van der Waals surface area (Å²) in [5, 5.41) is 3.83. The lowest BCUT2D eigenvalue weighted by Crippen LogP contribution is -2.44. The number of hydrogen-bond donors (Lipinski definition) is 1. The maximum absolute atomic E-state index is 3.83. The summed E-state index contributed by atoms with van der Waals surface area (Å²) in [7, 11) is 4.42. The first-order chi connectivity index (χ1) is 10.1. The topological polar surface area (TPSA) is 15.3 Å². The normalized spacial score (nSPS) is 14.6. The van der Waals surface area contributed by atoms with Gasteiger partial charge in [0.05, 0.1) is 0 Å². The Morgan fingerprint density at radius 2 is 1.62 bits per heavy atom. The molecule has 1 aromatic rings. The lowest BCUT2D eigenvalue weighted by molar-refractivity contribution is 0.188. The van der Waals surface area contributed by atoms with Crippen molar-refractivity contribution >= 4 is 0 Å². The van der Waals surface area contributed by atoms with Gasteiger partial charge in [0, 0.05) is 18.6 Å². The molecule has 0 aromatic heterocycles. The zero-order valence-corrected chi connectivity index (χ0v) is 14.6. The molecule has 0 saturated carbocycles. The molecule has 0 aliphatic heterocycles. The van der Waals surface area contributed by atoms with E-state index in [0.717, 1.165) is 12.5 Å². The van der Waals surface area contributed by atoms with Crippen molar-refractivity contribution in [3.63, 3.8) is 0 Å². The van der Waals surface area contributed by atoms with Gasteiger partial charge in [0.15, 0.2) is 0 Å². The van der Waals surface area contributed by atoms with Gasteiger partial charge in [-0.3, -0.25) is 0 Å². The molecular formula is C19H34N2. The van der Waals surface area contributed by atoms with Crippen molar-refractivity contribution < 1.29 is 0 Å². The van der Waals surface area contributed by atoms with Crippen LogP contribution in [0.4, 0.5) is 0 Å². The second-order valence-corrected chi connectivity index (χ2v) is 6.27. The molecule has 0 saturated heterocycles. The monoisotopic (exact) mass is 290 g/mol. The van der Waals surface area contributed by atoms with Gasteiger partial charge in [0.2, 0.25) is 0 Å². The van der Waals surface area contributed by atoms with Gasteiger partial charge in [-0.2, -0.15) is 0 Å². The fraction of sp³-hybridized carbons (Fsp3) is 0.684. The van der Waals surface area contributed by atoms with Crippen molar-refractivity contribution in [2.24, 2.45) is 5.92 Å². The van der Waals surface area contributed by atoms with Crippen LogP contribution in [-0.4, -0.2) is 31.6 Å². The molecule has 21 heavy (non-hydrogen) atoms. The summed E-state index contributed by atoms with van der Waals surface area (Å²) in [5.74, 6) is 0.769. The summed E-state index contributed by atoms with van der Waals surface area (Å²) in [6.07, 6.45) is 4.92. The van der Waals surface area contributed by atoms with E-state index in [2.05, 4.69) is 75.4 Å². The maximum atomic E-state index is 3.83. The average Bonchev–Trinajstić information content (AvgIpc) is 2.50. The van der Waals surface area contributed by atoms with Crippen molar-refractivity contribution in [3.05, 3.63) is 35.9 Å². The second-order valence-electron chi connectivity index (χ2n) is 6.27. The van der Waals surface area contributed by atoms with Crippen LogP contribution in [0, 0.1) is 5.92 Å². The third-order valence-electron chi connectivity index (χ3n) is 4.61. The van der Waals surface area contributed by atoms with E-state index in [0.29, 0.717) is 12.1 Å². The molecule has 1 N–H and O–H groups in total. The Hall–Kier alpha value is -0.860. The Morgan fingerprint density at radius 1 is 1.00 bits per heavy atom. The first-order valence-corrected chi connectivity index (χ1v) is 8.58. The zero-order chi connectivity index (χ0) is 15.7. The second kappa shape index (κ2) is 9.97. The molecule has 120 valence electrons. The Morgan fingerprint density at radius 3 is 2.10 bits per heavy atom. The molecule has 2 nitrogen and oxygen atoms in total. The molecule has 0 heterocycles. The van der Waals surface area contributed by atoms with Gasteiger partial charge < -0.3 is 10.2 Å². The first kappa shape index (κ1) is 18.2.